The first-order chi connectivity index (χ1) is 11.5. The Morgan fingerprint density at radius 1 is 1.08 bits per heavy atom. The van der Waals surface area contributed by atoms with Crippen LogP contribution in [-0.4, -0.2) is 25.4 Å². The number of benzene rings is 1. The Hall–Kier alpha value is -3.02. The molecule has 0 spiro atoms. The maximum absolute atomic E-state index is 12.1. The van der Waals surface area contributed by atoms with Gasteiger partial charge in [0.2, 0.25) is 11.9 Å². The molecule has 2 aromatic heterocycles. The van der Waals surface area contributed by atoms with Gasteiger partial charge in [-0.3, -0.25) is 9.36 Å². The van der Waals surface area contributed by atoms with Crippen molar-refractivity contribution in [1.82, 2.24) is 19.5 Å². The van der Waals surface area contributed by atoms with Gasteiger partial charge in [0.25, 0.3) is 0 Å². The van der Waals surface area contributed by atoms with Crippen molar-refractivity contribution < 1.29 is 4.79 Å². The molecule has 0 aliphatic rings. The van der Waals surface area contributed by atoms with Crippen molar-refractivity contribution in [3.8, 4) is 5.95 Å². The molecule has 0 atom stereocenters. The molecule has 1 aromatic carbocycles. The zero-order chi connectivity index (χ0) is 17.1. The van der Waals surface area contributed by atoms with Gasteiger partial charge in [-0.05, 0) is 26.3 Å². The molecule has 6 heteroatoms. The normalized spacial score (nSPS) is 10.6. The molecule has 3 rings (SSSR count). The Labute approximate surface area is 140 Å². The van der Waals surface area contributed by atoms with E-state index in [1.165, 1.54) is 0 Å². The number of nitrogens with zero attached hydrogens (tertiary/aromatic N) is 4. The third kappa shape index (κ3) is 3.32. The topological polar surface area (TPSA) is 72.7 Å². The van der Waals surface area contributed by atoms with Gasteiger partial charge in [0.15, 0.2) is 0 Å². The number of carbonyl (C=O) groups excluding carboxylic acids is 1. The van der Waals surface area contributed by atoms with Crippen molar-refractivity contribution in [3.05, 3.63) is 65.5 Å². The molecule has 0 bridgehead atoms. The average Bonchev–Trinajstić information content (AvgIpc) is 2.82. The molecule has 0 saturated heterocycles. The smallest absolute Gasteiger partial charge is 0.235 e. The molecular weight excluding hydrogens is 302 g/mol. The minimum absolute atomic E-state index is 0.0941. The first-order valence-corrected chi connectivity index (χ1v) is 7.73. The summed E-state index contributed by atoms with van der Waals surface area (Å²) in [6, 6.07) is 9.60. The molecule has 0 fully saturated rings. The lowest BCUT2D eigenvalue weighted by molar-refractivity contribution is -0.115. The van der Waals surface area contributed by atoms with Crippen LogP contribution in [0.25, 0.3) is 5.95 Å². The van der Waals surface area contributed by atoms with Crippen LogP contribution in [-0.2, 0) is 11.2 Å². The summed E-state index contributed by atoms with van der Waals surface area (Å²) in [5.41, 5.74) is 3.50. The number of aryl methyl sites for hydroxylation is 2. The fourth-order valence-electron chi connectivity index (χ4n) is 2.56. The highest BCUT2D eigenvalue weighted by Gasteiger charge is 2.12. The van der Waals surface area contributed by atoms with Gasteiger partial charge in [-0.25, -0.2) is 15.0 Å². The first-order valence-electron chi connectivity index (χ1n) is 7.73. The Balaban J connectivity index is 1.72. The summed E-state index contributed by atoms with van der Waals surface area (Å²) >= 11 is 0. The van der Waals surface area contributed by atoms with Gasteiger partial charge in [0, 0.05) is 5.69 Å². The summed E-state index contributed by atoms with van der Waals surface area (Å²) in [6.45, 7) is 5.85. The lowest BCUT2D eigenvalue weighted by Gasteiger charge is -2.08. The summed E-state index contributed by atoms with van der Waals surface area (Å²) in [6.07, 6.45) is 3.54. The molecule has 2 heterocycles. The Morgan fingerprint density at radius 3 is 2.33 bits per heavy atom. The van der Waals surface area contributed by atoms with E-state index in [2.05, 4.69) is 20.3 Å². The van der Waals surface area contributed by atoms with E-state index >= 15 is 0 Å². The average molecular weight is 321 g/mol. The molecule has 122 valence electrons. The largest absolute Gasteiger partial charge is 0.323 e. The summed E-state index contributed by atoms with van der Waals surface area (Å²) in [5, 5.41) is 2.81. The second-order valence-corrected chi connectivity index (χ2v) is 5.65. The Morgan fingerprint density at radius 2 is 1.75 bits per heavy atom. The van der Waals surface area contributed by atoms with Crippen molar-refractivity contribution in [2.45, 2.75) is 27.2 Å². The van der Waals surface area contributed by atoms with Gasteiger partial charge in [-0.1, -0.05) is 30.3 Å². The maximum Gasteiger partial charge on any atom is 0.235 e. The molecule has 0 radical (unpaired) electrons. The van der Waals surface area contributed by atoms with Gasteiger partial charge in [0.05, 0.1) is 30.2 Å². The van der Waals surface area contributed by atoms with Crippen molar-refractivity contribution in [1.29, 1.82) is 0 Å². The van der Waals surface area contributed by atoms with Crippen LogP contribution in [0, 0.1) is 20.8 Å². The first kappa shape index (κ1) is 15.9. The van der Waals surface area contributed by atoms with E-state index in [1.807, 2.05) is 55.7 Å². The molecule has 3 aromatic rings. The Kier molecular flexibility index (Phi) is 4.37. The number of hydrogen-bond acceptors (Lipinski definition) is 4. The summed E-state index contributed by atoms with van der Waals surface area (Å²) < 4.78 is 1.89. The van der Waals surface area contributed by atoms with Crippen molar-refractivity contribution >= 4 is 11.6 Å². The zero-order valence-corrected chi connectivity index (χ0v) is 13.9. The van der Waals surface area contributed by atoms with Crippen molar-refractivity contribution in [2.75, 3.05) is 5.32 Å². The number of anilines is 1. The molecule has 0 saturated carbocycles. The Bertz CT molecular complexity index is 853. The highest BCUT2D eigenvalue weighted by atomic mass is 16.1. The summed E-state index contributed by atoms with van der Waals surface area (Å²) in [5.74, 6) is 1.29. The highest BCUT2D eigenvalue weighted by molar-refractivity contribution is 5.91. The third-order valence-electron chi connectivity index (χ3n) is 3.84. The second kappa shape index (κ2) is 6.62. The van der Waals surface area contributed by atoms with Crippen LogP contribution in [0.1, 0.15) is 22.8 Å². The SMILES string of the molecule is Cc1nc(C)n(-c2ncc(NC(=O)Cc3ccccc3)cn2)c1C. The summed E-state index contributed by atoms with van der Waals surface area (Å²) in [4.78, 5) is 25.2. The van der Waals surface area contributed by atoms with Crippen LogP contribution in [0.5, 0.6) is 0 Å². The quantitative estimate of drug-likeness (QED) is 0.802. The van der Waals surface area contributed by atoms with E-state index in [0.717, 1.165) is 22.8 Å². The molecule has 6 nitrogen and oxygen atoms in total. The van der Waals surface area contributed by atoms with E-state index in [4.69, 9.17) is 0 Å². The summed E-state index contributed by atoms with van der Waals surface area (Å²) in [7, 11) is 0. The lowest BCUT2D eigenvalue weighted by Crippen LogP contribution is -2.15. The van der Waals surface area contributed by atoms with Gasteiger partial charge >= 0.3 is 0 Å². The minimum atomic E-state index is -0.0941. The number of amides is 1. The molecule has 0 unspecified atom stereocenters. The third-order valence-corrected chi connectivity index (χ3v) is 3.84. The fourth-order valence-corrected chi connectivity index (χ4v) is 2.56. The van der Waals surface area contributed by atoms with E-state index in [0.29, 0.717) is 18.1 Å². The molecule has 0 aliphatic carbocycles. The van der Waals surface area contributed by atoms with Crippen molar-refractivity contribution in [2.24, 2.45) is 0 Å². The number of carbonyl (C=O) groups is 1. The zero-order valence-electron chi connectivity index (χ0n) is 13.9. The predicted octanol–water partition coefficient (Wildman–Crippen LogP) is 2.77. The van der Waals surface area contributed by atoms with E-state index in [9.17, 15) is 4.79 Å². The van der Waals surface area contributed by atoms with E-state index in [1.54, 1.807) is 12.4 Å². The van der Waals surface area contributed by atoms with Gasteiger partial charge in [-0.2, -0.15) is 0 Å². The molecule has 1 N–H and O–H groups in total. The van der Waals surface area contributed by atoms with E-state index < -0.39 is 0 Å². The second-order valence-electron chi connectivity index (χ2n) is 5.65. The minimum Gasteiger partial charge on any atom is -0.323 e. The standard InChI is InChI=1S/C18H19N5O/c1-12-13(2)23(14(3)21-12)18-19-10-16(11-20-18)22-17(24)9-15-7-5-4-6-8-15/h4-8,10-11H,9H2,1-3H3,(H,22,24). The monoisotopic (exact) mass is 321 g/mol. The van der Waals surface area contributed by atoms with Crippen LogP contribution in [0.15, 0.2) is 42.7 Å². The van der Waals surface area contributed by atoms with Gasteiger partial charge in [0.1, 0.15) is 5.82 Å². The van der Waals surface area contributed by atoms with Crippen LogP contribution >= 0.6 is 0 Å². The van der Waals surface area contributed by atoms with Gasteiger partial charge < -0.3 is 5.32 Å². The van der Waals surface area contributed by atoms with Crippen LogP contribution in [0.3, 0.4) is 0 Å². The van der Waals surface area contributed by atoms with Crippen LogP contribution in [0.4, 0.5) is 5.69 Å². The fraction of sp³-hybridized carbons (Fsp3) is 0.222. The van der Waals surface area contributed by atoms with Crippen LogP contribution in [0.2, 0.25) is 0 Å². The highest BCUT2D eigenvalue weighted by Crippen LogP contribution is 2.15. The lowest BCUT2D eigenvalue weighted by atomic mass is 10.1. The number of rotatable bonds is 4. The molecule has 0 aliphatic heterocycles. The predicted molar refractivity (Wildman–Crippen MR) is 92.1 cm³/mol. The maximum atomic E-state index is 12.1. The number of aromatic nitrogens is 4. The van der Waals surface area contributed by atoms with Gasteiger partial charge in [-0.15, -0.1) is 0 Å². The van der Waals surface area contributed by atoms with Crippen LogP contribution < -0.4 is 5.32 Å². The number of hydrogen-bond donors (Lipinski definition) is 1. The number of nitrogens with one attached hydrogen (secondary N) is 1. The van der Waals surface area contributed by atoms with Crippen molar-refractivity contribution in [3.63, 3.8) is 0 Å². The molecular formula is C18H19N5O. The number of imidazole rings is 1. The molecule has 24 heavy (non-hydrogen) atoms. The van der Waals surface area contributed by atoms with E-state index in [-0.39, 0.29) is 5.91 Å². The molecule has 1 amide bonds.